The molecule has 3 N–H and O–H groups in total. The number of rotatable bonds is 4. The molecule has 0 aromatic heterocycles. The number of nitrogens with two attached hydrogens (primary N) is 1. The highest BCUT2D eigenvalue weighted by Gasteiger charge is 1.95. The Morgan fingerprint density at radius 2 is 2.12 bits per heavy atom. The summed E-state index contributed by atoms with van der Waals surface area (Å²) in [6, 6.07) is 8.81. The third-order valence-electron chi connectivity index (χ3n) is 2.20. The average molecular weight is 347 g/mol. The van der Waals surface area contributed by atoms with E-state index in [1.54, 1.807) is 0 Å². The molecule has 1 aromatic carbocycles. The van der Waals surface area contributed by atoms with E-state index in [0.717, 1.165) is 13.0 Å². The molecule has 96 valence electrons. The Hall–Kier alpha value is -0.780. The Morgan fingerprint density at radius 1 is 1.41 bits per heavy atom. The normalized spacial score (nSPS) is 11.2. The minimum atomic E-state index is 0. The van der Waals surface area contributed by atoms with E-state index in [-0.39, 0.29) is 24.0 Å². The number of aryl methyl sites for hydroxylation is 1. The van der Waals surface area contributed by atoms with Crippen molar-refractivity contribution in [3.05, 3.63) is 35.4 Å². The number of hydrogen-bond acceptors (Lipinski definition) is 1. The Kier molecular flexibility index (Phi) is 7.95. The maximum absolute atomic E-state index is 5.71. The zero-order valence-corrected chi connectivity index (χ0v) is 13.1. The van der Waals surface area contributed by atoms with Gasteiger partial charge in [0.1, 0.15) is 0 Å². The molecule has 0 unspecified atom stereocenters. The molecule has 17 heavy (non-hydrogen) atoms. The molecule has 1 aromatic rings. The van der Waals surface area contributed by atoms with Gasteiger partial charge >= 0.3 is 0 Å². The molecular formula is C13H22IN3. The lowest BCUT2D eigenvalue weighted by molar-refractivity contribution is 0.723. The second-order valence-electron chi connectivity index (χ2n) is 4.31. The monoisotopic (exact) mass is 347 g/mol. The number of benzene rings is 1. The predicted molar refractivity (Wildman–Crippen MR) is 85.1 cm³/mol. The maximum atomic E-state index is 5.71. The second kappa shape index (κ2) is 8.33. The van der Waals surface area contributed by atoms with Crippen LogP contribution in [0.25, 0.3) is 0 Å². The van der Waals surface area contributed by atoms with Crippen LogP contribution in [0.4, 0.5) is 0 Å². The molecule has 0 saturated carbocycles. The lowest BCUT2D eigenvalue weighted by Crippen LogP contribution is -2.36. The second-order valence-corrected chi connectivity index (χ2v) is 4.31. The zero-order chi connectivity index (χ0) is 12.0. The highest BCUT2D eigenvalue weighted by molar-refractivity contribution is 14.0. The quantitative estimate of drug-likeness (QED) is 0.499. The summed E-state index contributed by atoms with van der Waals surface area (Å²) in [6.07, 6.45) is 0.933. The topological polar surface area (TPSA) is 50.4 Å². The lowest BCUT2D eigenvalue weighted by atomic mass is 10.1. The third-order valence-corrected chi connectivity index (χ3v) is 2.20. The van der Waals surface area contributed by atoms with E-state index in [9.17, 15) is 0 Å². The molecule has 0 fully saturated rings. The molecule has 0 aliphatic heterocycles. The van der Waals surface area contributed by atoms with Crippen molar-refractivity contribution in [2.45, 2.75) is 33.2 Å². The Bertz CT molecular complexity index is 361. The minimum Gasteiger partial charge on any atom is -0.370 e. The van der Waals surface area contributed by atoms with Crippen LogP contribution in [0.5, 0.6) is 0 Å². The highest BCUT2D eigenvalue weighted by Crippen LogP contribution is 2.04. The summed E-state index contributed by atoms with van der Waals surface area (Å²) in [5, 5.41) is 3.07. The Labute approximate surface area is 121 Å². The SMILES string of the molecule is Cc1cccc(CCN=C(N)NC(C)C)c1.I. The predicted octanol–water partition coefficient (Wildman–Crippen LogP) is 2.47. The van der Waals surface area contributed by atoms with Crippen molar-refractivity contribution >= 4 is 29.9 Å². The first kappa shape index (κ1) is 16.2. The molecule has 0 saturated heterocycles. The molecule has 0 heterocycles. The van der Waals surface area contributed by atoms with Crippen LogP contribution < -0.4 is 11.1 Å². The molecule has 0 atom stereocenters. The number of hydrogen-bond donors (Lipinski definition) is 2. The summed E-state index contributed by atoms with van der Waals surface area (Å²) < 4.78 is 0. The number of nitrogens with zero attached hydrogens (tertiary/aromatic N) is 1. The smallest absolute Gasteiger partial charge is 0.188 e. The van der Waals surface area contributed by atoms with Gasteiger partial charge in [0, 0.05) is 12.6 Å². The van der Waals surface area contributed by atoms with Crippen LogP contribution in [-0.2, 0) is 6.42 Å². The van der Waals surface area contributed by atoms with Gasteiger partial charge in [-0.1, -0.05) is 29.8 Å². The van der Waals surface area contributed by atoms with Gasteiger partial charge in [0.15, 0.2) is 5.96 Å². The first-order valence-corrected chi connectivity index (χ1v) is 5.70. The summed E-state index contributed by atoms with van der Waals surface area (Å²) in [4.78, 5) is 4.27. The largest absolute Gasteiger partial charge is 0.370 e. The molecule has 0 spiro atoms. The number of aliphatic imine (C=N–C) groups is 1. The maximum Gasteiger partial charge on any atom is 0.188 e. The van der Waals surface area contributed by atoms with Crippen molar-refractivity contribution < 1.29 is 0 Å². The fourth-order valence-corrected chi connectivity index (χ4v) is 1.51. The van der Waals surface area contributed by atoms with Gasteiger partial charge in [0.05, 0.1) is 0 Å². The van der Waals surface area contributed by atoms with Gasteiger partial charge in [-0.3, -0.25) is 4.99 Å². The van der Waals surface area contributed by atoms with E-state index in [2.05, 4.69) is 41.5 Å². The summed E-state index contributed by atoms with van der Waals surface area (Å²) in [6.45, 7) is 6.92. The van der Waals surface area contributed by atoms with Crippen molar-refractivity contribution in [2.24, 2.45) is 10.7 Å². The number of guanidine groups is 1. The Morgan fingerprint density at radius 3 is 2.71 bits per heavy atom. The van der Waals surface area contributed by atoms with E-state index < -0.39 is 0 Å². The average Bonchev–Trinajstić information content (AvgIpc) is 2.16. The van der Waals surface area contributed by atoms with Crippen LogP contribution in [0, 0.1) is 6.92 Å². The summed E-state index contributed by atoms with van der Waals surface area (Å²) >= 11 is 0. The molecule has 0 amide bonds. The molecule has 0 aliphatic rings. The van der Waals surface area contributed by atoms with Crippen molar-refractivity contribution in [3.8, 4) is 0 Å². The summed E-state index contributed by atoms with van der Waals surface area (Å²) in [7, 11) is 0. The molecule has 0 bridgehead atoms. The van der Waals surface area contributed by atoms with E-state index in [4.69, 9.17) is 5.73 Å². The van der Waals surface area contributed by atoms with E-state index in [0.29, 0.717) is 12.0 Å². The molecular weight excluding hydrogens is 325 g/mol. The number of halogens is 1. The summed E-state index contributed by atoms with van der Waals surface area (Å²) in [5.74, 6) is 0.530. The van der Waals surface area contributed by atoms with Crippen molar-refractivity contribution in [3.63, 3.8) is 0 Å². The minimum absolute atomic E-state index is 0. The first-order chi connectivity index (χ1) is 7.58. The zero-order valence-electron chi connectivity index (χ0n) is 10.7. The van der Waals surface area contributed by atoms with Crippen LogP contribution in [0.2, 0.25) is 0 Å². The Balaban J connectivity index is 0.00000256. The van der Waals surface area contributed by atoms with Crippen molar-refractivity contribution in [1.82, 2.24) is 5.32 Å². The first-order valence-electron chi connectivity index (χ1n) is 5.70. The third kappa shape index (κ3) is 7.20. The van der Waals surface area contributed by atoms with Gasteiger partial charge < -0.3 is 11.1 Å². The van der Waals surface area contributed by atoms with Gasteiger partial charge in [-0.15, -0.1) is 24.0 Å². The fourth-order valence-electron chi connectivity index (χ4n) is 1.51. The molecule has 3 nitrogen and oxygen atoms in total. The highest BCUT2D eigenvalue weighted by atomic mass is 127. The van der Waals surface area contributed by atoms with Crippen molar-refractivity contribution in [2.75, 3.05) is 6.54 Å². The molecule has 0 radical (unpaired) electrons. The standard InChI is InChI=1S/C13H21N3.HI/c1-10(2)16-13(14)15-8-7-12-6-4-5-11(3)9-12;/h4-6,9-10H,7-8H2,1-3H3,(H3,14,15,16);1H. The van der Waals surface area contributed by atoms with Gasteiger partial charge in [0.25, 0.3) is 0 Å². The van der Waals surface area contributed by atoms with Gasteiger partial charge in [-0.05, 0) is 32.8 Å². The summed E-state index contributed by atoms with van der Waals surface area (Å²) in [5.41, 5.74) is 8.30. The van der Waals surface area contributed by atoms with Crippen LogP contribution >= 0.6 is 24.0 Å². The van der Waals surface area contributed by atoms with Crippen LogP contribution in [-0.4, -0.2) is 18.5 Å². The van der Waals surface area contributed by atoms with Gasteiger partial charge in [-0.25, -0.2) is 0 Å². The van der Waals surface area contributed by atoms with Crippen molar-refractivity contribution in [1.29, 1.82) is 0 Å². The van der Waals surface area contributed by atoms with Crippen LogP contribution in [0.1, 0.15) is 25.0 Å². The molecule has 4 heteroatoms. The van der Waals surface area contributed by atoms with E-state index in [1.807, 2.05) is 13.8 Å². The van der Waals surface area contributed by atoms with Crippen LogP contribution in [0.3, 0.4) is 0 Å². The van der Waals surface area contributed by atoms with Gasteiger partial charge in [0.2, 0.25) is 0 Å². The lowest BCUT2D eigenvalue weighted by Gasteiger charge is -2.08. The molecule has 1 rings (SSSR count). The van der Waals surface area contributed by atoms with E-state index >= 15 is 0 Å². The van der Waals surface area contributed by atoms with E-state index in [1.165, 1.54) is 11.1 Å². The van der Waals surface area contributed by atoms with Gasteiger partial charge in [-0.2, -0.15) is 0 Å². The van der Waals surface area contributed by atoms with Crippen LogP contribution in [0.15, 0.2) is 29.3 Å². The molecule has 0 aliphatic carbocycles. The number of nitrogens with one attached hydrogen (secondary N) is 1. The fraction of sp³-hybridized carbons (Fsp3) is 0.462.